The van der Waals surface area contributed by atoms with Gasteiger partial charge in [0.25, 0.3) is 0 Å². The average Bonchev–Trinajstić information content (AvgIpc) is 2.68. The van der Waals surface area contributed by atoms with E-state index in [9.17, 15) is 18.0 Å². The van der Waals surface area contributed by atoms with Gasteiger partial charge in [-0.2, -0.15) is 0 Å². The van der Waals surface area contributed by atoms with E-state index in [1.807, 2.05) is 0 Å². The Morgan fingerprint density at radius 1 is 1.50 bits per heavy atom. The fourth-order valence-corrected chi connectivity index (χ4v) is 2.80. The van der Waals surface area contributed by atoms with Crippen LogP contribution < -0.4 is 0 Å². The van der Waals surface area contributed by atoms with Crippen molar-refractivity contribution in [2.45, 2.75) is 12.2 Å². The molecule has 0 radical (unpaired) electrons. The summed E-state index contributed by atoms with van der Waals surface area (Å²) in [6, 6.07) is 3.14. The molecule has 1 atom stereocenters. The van der Waals surface area contributed by atoms with E-state index in [0.29, 0.717) is 4.88 Å². The van der Waals surface area contributed by atoms with Crippen LogP contribution in [-0.4, -0.2) is 36.3 Å². The highest BCUT2D eigenvalue weighted by molar-refractivity contribution is 7.93. The zero-order valence-electron chi connectivity index (χ0n) is 8.41. The number of aliphatic carboxylic acids is 1. The Balaban J connectivity index is 2.82. The topological polar surface area (TPSA) is 88.5 Å². The number of sulfone groups is 1. The molecule has 88 valence electrons. The third-order valence-electron chi connectivity index (χ3n) is 2.01. The minimum Gasteiger partial charge on any atom is -0.480 e. The minimum absolute atomic E-state index is 0.321. The van der Waals surface area contributed by atoms with Crippen molar-refractivity contribution in [1.82, 2.24) is 0 Å². The molecular weight excluding hydrogens is 252 g/mol. The van der Waals surface area contributed by atoms with Crippen molar-refractivity contribution in [3.63, 3.8) is 0 Å². The molecule has 1 rings (SSSR count). The van der Waals surface area contributed by atoms with Crippen LogP contribution in [0.25, 0.3) is 0 Å². The summed E-state index contributed by atoms with van der Waals surface area (Å²) in [5.41, 5.74) is 0. The summed E-state index contributed by atoms with van der Waals surface area (Å²) < 4.78 is 23.0. The van der Waals surface area contributed by atoms with E-state index in [0.717, 1.165) is 18.3 Å². The van der Waals surface area contributed by atoms with Crippen molar-refractivity contribution in [2.75, 3.05) is 5.75 Å². The van der Waals surface area contributed by atoms with Crippen LogP contribution >= 0.6 is 11.3 Å². The Bertz CT molecular complexity index is 486. The van der Waals surface area contributed by atoms with Gasteiger partial charge in [0.1, 0.15) is 5.75 Å². The van der Waals surface area contributed by atoms with Crippen molar-refractivity contribution >= 4 is 32.9 Å². The van der Waals surface area contributed by atoms with E-state index < -0.39 is 32.6 Å². The van der Waals surface area contributed by atoms with Crippen molar-refractivity contribution in [3.8, 4) is 0 Å². The summed E-state index contributed by atoms with van der Waals surface area (Å²) in [7, 11) is -3.93. The first-order valence-corrected chi connectivity index (χ1v) is 6.95. The molecular formula is C9H10O5S2. The van der Waals surface area contributed by atoms with Crippen LogP contribution in [-0.2, 0) is 14.6 Å². The fraction of sp³-hybridized carbons (Fsp3) is 0.333. The van der Waals surface area contributed by atoms with Gasteiger partial charge in [0.2, 0.25) is 0 Å². The second-order valence-electron chi connectivity index (χ2n) is 3.19. The second-order valence-corrected chi connectivity index (χ2v) is 6.46. The number of hydrogen-bond acceptors (Lipinski definition) is 5. The van der Waals surface area contributed by atoms with Gasteiger partial charge in [0.15, 0.2) is 20.9 Å². The molecule has 1 heterocycles. The van der Waals surface area contributed by atoms with Gasteiger partial charge in [0, 0.05) is 0 Å². The molecule has 0 bridgehead atoms. The van der Waals surface area contributed by atoms with Crippen LogP contribution in [0.15, 0.2) is 17.5 Å². The number of carbonyl (C=O) groups excluding carboxylic acids is 1. The summed E-state index contributed by atoms with van der Waals surface area (Å²) in [4.78, 5) is 22.3. The lowest BCUT2D eigenvalue weighted by molar-refractivity contribution is -0.136. The Morgan fingerprint density at radius 2 is 2.12 bits per heavy atom. The van der Waals surface area contributed by atoms with Gasteiger partial charge < -0.3 is 5.11 Å². The van der Waals surface area contributed by atoms with E-state index in [2.05, 4.69) is 0 Å². The molecule has 0 fully saturated rings. The van der Waals surface area contributed by atoms with E-state index in [1.54, 1.807) is 11.4 Å². The Kier molecular flexibility index (Phi) is 3.82. The minimum atomic E-state index is -3.93. The molecule has 0 aliphatic heterocycles. The summed E-state index contributed by atoms with van der Waals surface area (Å²) in [5.74, 6) is -2.77. The molecule has 0 amide bonds. The van der Waals surface area contributed by atoms with Crippen molar-refractivity contribution in [3.05, 3.63) is 22.4 Å². The molecule has 5 nitrogen and oxygen atoms in total. The number of carboxylic acids is 1. The van der Waals surface area contributed by atoms with Gasteiger partial charge in [-0.3, -0.25) is 9.59 Å². The molecule has 1 N–H and O–H groups in total. The van der Waals surface area contributed by atoms with E-state index in [1.165, 1.54) is 6.07 Å². The van der Waals surface area contributed by atoms with E-state index in [4.69, 9.17) is 5.11 Å². The van der Waals surface area contributed by atoms with Crippen LogP contribution in [0, 0.1) is 0 Å². The normalized spacial score (nSPS) is 13.3. The van der Waals surface area contributed by atoms with Crippen LogP contribution in [0.1, 0.15) is 16.6 Å². The molecule has 0 aliphatic carbocycles. The number of rotatable bonds is 5. The molecule has 1 aromatic rings. The first kappa shape index (κ1) is 12.9. The smallest absolute Gasteiger partial charge is 0.321 e. The molecule has 0 saturated heterocycles. The van der Waals surface area contributed by atoms with Gasteiger partial charge in [-0.05, 0) is 18.4 Å². The molecule has 16 heavy (non-hydrogen) atoms. The largest absolute Gasteiger partial charge is 0.480 e. The zero-order valence-corrected chi connectivity index (χ0v) is 10.0. The standard InChI is InChI=1S/C9H10O5S2/c1-6(9(11)12)16(13,14)5-7(10)8-3-2-4-15-8/h2-4,6H,5H2,1H3,(H,11,12). The molecule has 0 saturated carbocycles. The number of hydrogen-bond donors (Lipinski definition) is 1. The molecule has 0 aromatic carbocycles. The second kappa shape index (κ2) is 4.75. The maximum atomic E-state index is 11.5. The zero-order chi connectivity index (χ0) is 12.3. The SMILES string of the molecule is CC(C(=O)O)S(=O)(=O)CC(=O)c1cccs1. The molecule has 0 spiro atoms. The van der Waals surface area contributed by atoms with Crippen molar-refractivity contribution in [1.29, 1.82) is 0 Å². The van der Waals surface area contributed by atoms with Crippen molar-refractivity contribution in [2.24, 2.45) is 0 Å². The number of ketones is 1. The summed E-state index contributed by atoms with van der Waals surface area (Å²) in [5, 5.41) is 8.67. The van der Waals surface area contributed by atoms with Gasteiger partial charge in [0.05, 0.1) is 4.88 Å². The third kappa shape index (κ3) is 2.89. The predicted molar refractivity (Wildman–Crippen MR) is 59.5 cm³/mol. The van der Waals surface area contributed by atoms with Gasteiger partial charge in [-0.25, -0.2) is 8.42 Å². The summed E-state index contributed by atoms with van der Waals surface area (Å²) in [6.07, 6.45) is 0. The quantitative estimate of drug-likeness (QED) is 0.793. The monoisotopic (exact) mass is 262 g/mol. The van der Waals surface area contributed by atoms with E-state index >= 15 is 0 Å². The van der Waals surface area contributed by atoms with Gasteiger partial charge in [-0.15, -0.1) is 11.3 Å². The highest BCUT2D eigenvalue weighted by Crippen LogP contribution is 2.12. The van der Waals surface area contributed by atoms with Crippen LogP contribution in [0.5, 0.6) is 0 Å². The summed E-state index contributed by atoms with van der Waals surface area (Å²) >= 11 is 1.13. The highest BCUT2D eigenvalue weighted by Gasteiger charge is 2.30. The number of carbonyl (C=O) groups is 2. The Hall–Kier alpha value is -1.21. The highest BCUT2D eigenvalue weighted by atomic mass is 32.2. The van der Waals surface area contributed by atoms with Crippen LogP contribution in [0.2, 0.25) is 0 Å². The molecule has 7 heteroatoms. The van der Waals surface area contributed by atoms with Crippen LogP contribution in [0.4, 0.5) is 0 Å². The summed E-state index contributed by atoms with van der Waals surface area (Å²) in [6.45, 7) is 1.05. The number of Topliss-reactive ketones (excluding diaryl/α,β-unsaturated/α-hetero) is 1. The molecule has 0 aliphatic rings. The lowest BCUT2D eigenvalue weighted by Crippen LogP contribution is -2.31. The van der Waals surface area contributed by atoms with Crippen molar-refractivity contribution < 1.29 is 23.1 Å². The lowest BCUT2D eigenvalue weighted by Gasteiger charge is -2.06. The van der Waals surface area contributed by atoms with Gasteiger partial charge in [-0.1, -0.05) is 6.07 Å². The van der Waals surface area contributed by atoms with Crippen LogP contribution in [0.3, 0.4) is 0 Å². The third-order valence-corrected chi connectivity index (χ3v) is 4.87. The molecule has 1 aromatic heterocycles. The maximum Gasteiger partial charge on any atom is 0.321 e. The maximum absolute atomic E-state index is 11.5. The molecule has 1 unspecified atom stereocenters. The van der Waals surface area contributed by atoms with Gasteiger partial charge >= 0.3 is 5.97 Å². The Morgan fingerprint density at radius 3 is 2.56 bits per heavy atom. The average molecular weight is 262 g/mol. The van der Waals surface area contributed by atoms with E-state index in [-0.39, 0.29) is 0 Å². The first-order chi connectivity index (χ1) is 7.34. The first-order valence-electron chi connectivity index (χ1n) is 4.35. The lowest BCUT2D eigenvalue weighted by atomic mass is 10.4. The number of thiophene rings is 1. The fourth-order valence-electron chi connectivity index (χ4n) is 0.970. The Labute approximate surface area is 96.6 Å². The predicted octanol–water partition coefficient (Wildman–Crippen LogP) is 0.819. The number of carboxylic acid groups (broad SMARTS) is 1.